The number of unbranched alkanes of at least 4 members (excludes halogenated alkanes) is 5. The third-order valence-corrected chi connectivity index (χ3v) is 2.71. The standard InChI is InChI=1S/C12H22N4/c1-2-3-4-5-6-7-8-11(13)12-15-9-14-10-16-12/h9-11H,2-8,13H2,1H3. The second kappa shape index (κ2) is 8.16. The van der Waals surface area contributed by atoms with Crippen molar-refractivity contribution in [2.45, 2.75) is 57.9 Å². The molecule has 0 aliphatic heterocycles. The van der Waals surface area contributed by atoms with E-state index in [0.717, 1.165) is 12.8 Å². The van der Waals surface area contributed by atoms with Crippen LogP contribution in [0.15, 0.2) is 12.7 Å². The molecule has 0 aromatic carbocycles. The van der Waals surface area contributed by atoms with Gasteiger partial charge in [-0.05, 0) is 6.42 Å². The van der Waals surface area contributed by atoms with E-state index in [-0.39, 0.29) is 6.04 Å². The summed E-state index contributed by atoms with van der Waals surface area (Å²) in [6, 6.07) is -0.0332. The number of nitrogens with zero attached hydrogens (tertiary/aromatic N) is 3. The zero-order chi connectivity index (χ0) is 11.6. The van der Waals surface area contributed by atoms with Gasteiger partial charge in [-0.2, -0.15) is 0 Å². The van der Waals surface area contributed by atoms with Gasteiger partial charge in [0.1, 0.15) is 18.5 Å². The molecular weight excluding hydrogens is 200 g/mol. The predicted octanol–water partition coefficient (Wildman–Crippen LogP) is 2.62. The van der Waals surface area contributed by atoms with Gasteiger partial charge >= 0.3 is 0 Å². The highest BCUT2D eigenvalue weighted by Gasteiger charge is 2.07. The molecule has 4 nitrogen and oxygen atoms in total. The fraction of sp³-hybridized carbons (Fsp3) is 0.750. The van der Waals surface area contributed by atoms with Gasteiger partial charge in [-0.3, -0.25) is 0 Å². The Labute approximate surface area is 97.7 Å². The van der Waals surface area contributed by atoms with Gasteiger partial charge in [0.15, 0.2) is 0 Å². The Morgan fingerprint density at radius 1 is 1.06 bits per heavy atom. The molecule has 1 aromatic rings. The van der Waals surface area contributed by atoms with Crippen LogP contribution in [0.2, 0.25) is 0 Å². The SMILES string of the molecule is CCCCCCCCC(N)c1ncncn1. The highest BCUT2D eigenvalue weighted by molar-refractivity contribution is 4.89. The molecule has 1 unspecified atom stereocenters. The molecule has 1 heterocycles. The van der Waals surface area contributed by atoms with Crippen LogP contribution >= 0.6 is 0 Å². The van der Waals surface area contributed by atoms with Crippen LogP contribution in [0.4, 0.5) is 0 Å². The molecule has 2 N–H and O–H groups in total. The average Bonchev–Trinajstić information content (AvgIpc) is 2.34. The Morgan fingerprint density at radius 2 is 1.69 bits per heavy atom. The zero-order valence-corrected chi connectivity index (χ0v) is 10.1. The summed E-state index contributed by atoms with van der Waals surface area (Å²) in [5, 5.41) is 0. The lowest BCUT2D eigenvalue weighted by Crippen LogP contribution is -2.13. The normalized spacial score (nSPS) is 12.6. The molecule has 0 spiro atoms. The van der Waals surface area contributed by atoms with Crippen molar-refractivity contribution in [3.63, 3.8) is 0 Å². The molecule has 0 aliphatic carbocycles. The van der Waals surface area contributed by atoms with Gasteiger partial charge in [0.25, 0.3) is 0 Å². The highest BCUT2D eigenvalue weighted by Crippen LogP contribution is 2.14. The van der Waals surface area contributed by atoms with Crippen LogP contribution < -0.4 is 5.73 Å². The van der Waals surface area contributed by atoms with Gasteiger partial charge in [0.05, 0.1) is 6.04 Å². The summed E-state index contributed by atoms with van der Waals surface area (Å²) in [5.41, 5.74) is 5.98. The van der Waals surface area contributed by atoms with E-state index in [1.54, 1.807) is 0 Å². The molecule has 0 saturated heterocycles. The van der Waals surface area contributed by atoms with Crippen LogP contribution in [-0.2, 0) is 0 Å². The highest BCUT2D eigenvalue weighted by atomic mass is 15.0. The van der Waals surface area contributed by atoms with E-state index < -0.39 is 0 Å². The number of rotatable bonds is 8. The third-order valence-electron chi connectivity index (χ3n) is 2.71. The number of aromatic nitrogens is 3. The number of hydrogen-bond acceptors (Lipinski definition) is 4. The second-order valence-electron chi connectivity index (χ2n) is 4.16. The minimum atomic E-state index is -0.0332. The smallest absolute Gasteiger partial charge is 0.148 e. The van der Waals surface area contributed by atoms with Crippen LogP contribution in [0, 0.1) is 0 Å². The maximum atomic E-state index is 5.98. The first-order valence-electron chi connectivity index (χ1n) is 6.22. The lowest BCUT2D eigenvalue weighted by atomic mass is 10.1. The van der Waals surface area contributed by atoms with E-state index in [1.807, 2.05) is 0 Å². The Bertz CT molecular complexity index is 263. The Morgan fingerprint density at radius 3 is 2.38 bits per heavy atom. The molecule has 0 radical (unpaired) electrons. The van der Waals surface area contributed by atoms with Crippen molar-refractivity contribution in [3.8, 4) is 0 Å². The number of hydrogen-bond donors (Lipinski definition) is 1. The molecule has 1 aromatic heterocycles. The Kier molecular flexibility index (Phi) is 6.65. The molecule has 16 heavy (non-hydrogen) atoms. The first kappa shape index (κ1) is 13.0. The van der Waals surface area contributed by atoms with E-state index in [0.29, 0.717) is 5.82 Å². The van der Waals surface area contributed by atoms with Crippen LogP contribution in [-0.4, -0.2) is 15.0 Å². The summed E-state index contributed by atoms with van der Waals surface area (Å²) >= 11 is 0. The van der Waals surface area contributed by atoms with Gasteiger partial charge in [0, 0.05) is 0 Å². The maximum Gasteiger partial charge on any atom is 0.148 e. The first-order chi connectivity index (χ1) is 7.84. The summed E-state index contributed by atoms with van der Waals surface area (Å²) < 4.78 is 0. The summed E-state index contributed by atoms with van der Waals surface area (Å²) in [4.78, 5) is 11.9. The fourth-order valence-corrected chi connectivity index (χ4v) is 1.71. The molecule has 1 atom stereocenters. The Balaban J connectivity index is 2.09. The molecule has 4 heteroatoms. The first-order valence-corrected chi connectivity index (χ1v) is 6.22. The summed E-state index contributed by atoms with van der Waals surface area (Å²) in [6.07, 6.45) is 11.7. The lowest BCUT2D eigenvalue weighted by Gasteiger charge is -2.08. The molecule has 0 saturated carbocycles. The molecule has 0 fully saturated rings. The van der Waals surface area contributed by atoms with E-state index in [9.17, 15) is 0 Å². The zero-order valence-electron chi connectivity index (χ0n) is 10.1. The van der Waals surface area contributed by atoms with Gasteiger partial charge in [0.2, 0.25) is 0 Å². The van der Waals surface area contributed by atoms with Crippen molar-refractivity contribution < 1.29 is 0 Å². The van der Waals surface area contributed by atoms with E-state index in [2.05, 4.69) is 21.9 Å². The topological polar surface area (TPSA) is 64.7 Å². The quantitative estimate of drug-likeness (QED) is 0.687. The summed E-state index contributed by atoms with van der Waals surface area (Å²) in [5.74, 6) is 0.712. The average molecular weight is 222 g/mol. The molecule has 0 bridgehead atoms. The Hall–Kier alpha value is -1.03. The predicted molar refractivity (Wildman–Crippen MR) is 64.7 cm³/mol. The van der Waals surface area contributed by atoms with Crippen LogP contribution in [0.5, 0.6) is 0 Å². The van der Waals surface area contributed by atoms with Crippen molar-refractivity contribution in [3.05, 3.63) is 18.5 Å². The van der Waals surface area contributed by atoms with E-state index in [4.69, 9.17) is 5.73 Å². The number of nitrogens with two attached hydrogens (primary N) is 1. The largest absolute Gasteiger partial charge is 0.321 e. The second-order valence-corrected chi connectivity index (χ2v) is 4.16. The van der Waals surface area contributed by atoms with Crippen molar-refractivity contribution in [2.75, 3.05) is 0 Å². The minimum absolute atomic E-state index is 0.0332. The summed E-state index contributed by atoms with van der Waals surface area (Å²) in [7, 11) is 0. The van der Waals surface area contributed by atoms with E-state index >= 15 is 0 Å². The van der Waals surface area contributed by atoms with Crippen molar-refractivity contribution in [1.29, 1.82) is 0 Å². The van der Waals surface area contributed by atoms with Gasteiger partial charge in [-0.15, -0.1) is 0 Å². The summed E-state index contributed by atoms with van der Waals surface area (Å²) in [6.45, 7) is 2.23. The minimum Gasteiger partial charge on any atom is -0.321 e. The molecule has 0 aliphatic rings. The van der Waals surface area contributed by atoms with Gasteiger partial charge in [-0.25, -0.2) is 15.0 Å². The van der Waals surface area contributed by atoms with Crippen LogP contribution in [0.25, 0.3) is 0 Å². The van der Waals surface area contributed by atoms with E-state index in [1.165, 1.54) is 44.8 Å². The van der Waals surface area contributed by atoms with Gasteiger partial charge < -0.3 is 5.73 Å². The van der Waals surface area contributed by atoms with Crippen molar-refractivity contribution in [2.24, 2.45) is 5.73 Å². The fourth-order valence-electron chi connectivity index (χ4n) is 1.71. The van der Waals surface area contributed by atoms with Crippen molar-refractivity contribution >= 4 is 0 Å². The third kappa shape index (κ3) is 5.16. The monoisotopic (exact) mass is 222 g/mol. The lowest BCUT2D eigenvalue weighted by molar-refractivity contribution is 0.531. The van der Waals surface area contributed by atoms with Crippen molar-refractivity contribution in [1.82, 2.24) is 15.0 Å². The molecule has 0 amide bonds. The molecular formula is C12H22N4. The van der Waals surface area contributed by atoms with Crippen LogP contribution in [0.1, 0.15) is 63.7 Å². The van der Waals surface area contributed by atoms with Gasteiger partial charge in [-0.1, -0.05) is 45.4 Å². The van der Waals surface area contributed by atoms with Crippen LogP contribution in [0.3, 0.4) is 0 Å². The maximum absolute atomic E-state index is 5.98. The molecule has 1 rings (SSSR count). The molecule has 90 valence electrons.